The van der Waals surface area contributed by atoms with Crippen molar-refractivity contribution in [2.45, 2.75) is 6.54 Å². The molecule has 0 unspecified atom stereocenters. The van der Waals surface area contributed by atoms with Gasteiger partial charge in [0.05, 0.1) is 6.20 Å². The number of nitriles is 1. The molecule has 3 rings (SSSR count). The Labute approximate surface area is 108 Å². The van der Waals surface area contributed by atoms with Crippen LogP contribution in [0.4, 0.5) is 0 Å². The molecular formula is C13H10N4O2. The average molecular weight is 254 g/mol. The second-order valence-electron chi connectivity index (χ2n) is 4.34. The van der Waals surface area contributed by atoms with Crippen LogP contribution in [0.15, 0.2) is 18.3 Å². The third-order valence-corrected chi connectivity index (χ3v) is 3.24. The molecule has 1 aliphatic rings. The Morgan fingerprint density at radius 3 is 2.89 bits per heavy atom. The molecule has 2 aromatic rings. The van der Waals surface area contributed by atoms with Gasteiger partial charge in [-0.2, -0.15) is 10.4 Å². The molecule has 0 saturated heterocycles. The molecule has 0 aliphatic carbocycles. The van der Waals surface area contributed by atoms with E-state index in [0.29, 0.717) is 28.9 Å². The lowest BCUT2D eigenvalue weighted by Gasteiger charge is -2.06. The summed E-state index contributed by atoms with van der Waals surface area (Å²) < 4.78 is 1.47. The fourth-order valence-corrected chi connectivity index (χ4v) is 2.32. The molecule has 2 heterocycles. The van der Waals surface area contributed by atoms with E-state index in [1.54, 1.807) is 19.3 Å². The van der Waals surface area contributed by atoms with Crippen molar-refractivity contribution in [1.82, 2.24) is 15.1 Å². The number of amides is 1. The number of aromatic nitrogens is 2. The standard InChI is InChI=1S/C13H10N4O2/c1-17-12(4-14)11(6-16-17)8-2-7(18)3-9-10(8)5-15-13(9)19/h2-3,6,18H,5H2,1H3,(H,15,19). The van der Waals surface area contributed by atoms with E-state index < -0.39 is 0 Å². The van der Waals surface area contributed by atoms with Crippen LogP contribution in [0.2, 0.25) is 0 Å². The Balaban J connectivity index is 2.30. The quantitative estimate of drug-likeness (QED) is 0.791. The van der Waals surface area contributed by atoms with Gasteiger partial charge in [0.1, 0.15) is 17.5 Å². The van der Waals surface area contributed by atoms with Crippen molar-refractivity contribution in [3.05, 3.63) is 35.2 Å². The summed E-state index contributed by atoms with van der Waals surface area (Å²) >= 11 is 0. The van der Waals surface area contributed by atoms with Gasteiger partial charge in [-0.15, -0.1) is 0 Å². The number of carbonyl (C=O) groups is 1. The lowest BCUT2D eigenvalue weighted by atomic mass is 9.97. The minimum absolute atomic E-state index is 0.00135. The minimum Gasteiger partial charge on any atom is -0.508 e. The monoisotopic (exact) mass is 254 g/mol. The smallest absolute Gasteiger partial charge is 0.252 e. The molecule has 0 bridgehead atoms. The van der Waals surface area contributed by atoms with Gasteiger partial charge in [0.25, 0.3) is 5.91 Å². The van der Waals surface area contributed by atoms with E-state index in [2.05, 4.69) is 16.5 Å². The van der Waals surface area contributed by atoms with Crippen LogP contribution in [0.1, 0.15) is 21.6 Å². The first-order chi connectivity index (χ1) is 9.11. The van der Waals surface area contributed by atoms with E-state index in [9.17, 15) is 9.90 Å². The number of phenolic OH excluding ortho intramolecular Hbond substituents is 1. The number of phenols is 1. The van der Waals surface area contributed by atoms with Crippen molar-refractivity contribution in [2.24, 2.45) is 7.05 Å². The molecule has 0 saturated carbocycles. The van der Waals surface area contributed by atoms with Crippen molar-refractivity contribution in [1.29, 1.82) is 5.26 Å². The molecule has 94 valence electrons. The van der Waals surface area contributed by atoms with Gasteiger partial charge in [0.15, 0.2) is 0 Å². The number of hydrogen-bond donors (Lipinski definition) is 2. The molecule has 1 aliphatic heterocycles. The van der Waals surface area contributed by atoms with E-state index in [4.69, 9.17) is 5.26 Å². The first kappa shape index (κ1) is 11.3. The Hall–Kier alpha value is -2.81. The van der Waals surface area contributed by atoms with E-state index in [1.165, 1.54) is 10.7 Å². The van der Waals surface area contributed by atoms with Crippen LogP contribution < -0.4 is 5.32 Å². The van der Waals surface area contributed by atoms with Gasteiger partial charge >= 0.3 is 0 Å². The SMILES string of the molecule is Cn1ncc(-c2cc(O)cc3c2CNC3=O)c1C#N. The van der Waals surface area contributed by atoms with Crippen LogP contribution in [0.25, 0.3) is 11.1 Å². The Bertz CT molecular complexity index is 740. The normalized spacial score (nSPS) is 12.9. The van der Waals surface area contributed by atoms with Crippen LogP contribution in [-0.2, 0) is 13.6 Å². The number of aromatic hydroxyl groups is 1. The van der Waals surface area contributed by atoms with Crippen LogP contribution in [0, 0.1) is 11.3 Å². The molecule has 1 amide bonds. The highest BCUT2D eigenvalue weighted by Crippen LogP contribution is 2.34. The van der Waals surface area contributed by atoms with Gasteiger partial charge in [-0.05, 0) is 23.3 Å². The van der Waals surface area contributed by atoms with Crippen LogP contribution in [0.5, 0.6) is 5.75 Å². The van der Waals surface area contributed by atoms with E-state index >= 15 is 0 Å². The molecule has 0 radical (unpaired) electrons. The largest absolute Gasteiger partial charge is 0.508 e. The second-order valence-corrected chi connectivity index (χ2v) is 4.34. The van der Waals surface area contributed by atoms with Crippen LogP contribution in [-0.4, -0.2) is 20.8 Å². The molecule has 2 N–H and O–H groups in total. The lowest BCUT2D eigenvalue weighted by molar-refractivity contribution is 0.0965. The maximum atomic E-state index is 11.7. The van der Waals surface area contributed by atoms with Crippen LogP contribution >= 0.6 is 0 Å². The Morgan fingerprint density at radius 1 is 1.42 bits per heavy atom. The van der Waals surface area contributed by atoms with Gasteiger partial charge in [-0.3, -0.25) is 9.48 Å². The highest BCUT2D eigenvalue weighted by atomic mass is 16.3. The number of fused-ring (bicyclic) bond motifs is 1. The summed E-state index contributed by atoms with van der Waals surface area (Å²) in [6.45, 7) is 0.392. The summed E-state index contributed by atoms with van der Waals surface area (Å²) in [5, 5.41) is 25.7. The molecule has 19 heavy (non-hydrogen) atoms. The van der Waals surface area contributed by atoms with Crippen LogP contribution in [0.3, 0.4) is 0 Å². The molecule has 1 aromatic carbocycles. The number of nitrogens with zero attached hydrogens (tertiary/aromatic N) is 3. The maximum absolute atomic E-state index is 11.7. The second kappa shape index (κ2) is 3.85. The predicted octanol–water partition coefficient (Wildman–Crippen LogP) is 0.908. The molecule has 6 nitrogen and oxygen atoms in total. The fraction of sp³-hybridized carbons (Fsp3) is 0.154. The number of nitrogens with one attached hydrogen (secondary N) is 1. The zero-order valence-electron chi connectivity index (χ0n) is 10.1. The van der Waals surface area contributed by atoms with Crippen molar-refractivity contribution >= 4 is 5.91 Å². The fourth-order valence-electron chi connectivity index (χ4n) is 2.32. The first-order valence-corrected chi connectivity index (χ1v) is 5.68. The molecular weight excluding hydrogens is 244 g/mol. The van der Waals surface area contributed by atoms with Crippen molar-refractivity contribution in [3.8, 4) is 22.9 Å². The minimum atomic E-state index is -0.213. The first-order valence-electron chi connectivity index (χ1n) is 5.68. The summed E-state index contributed by atoms with van der Waals surface area (Å²) in [5.74, 6) is -0.215. The van der Waals surface area contributed by atoms with Gasteiger partial charge in [0, 0.05) is 24.7 Å². The zero-order valence-corrected chi connectivity index (χ0v) is 10.1. The Kier molecular flexibility index (Phi) is 2.29. The number of aryl methyl sites for hydroxylation is 1. The number of hydrogen-bond acceptors (Lipinski definition) is 4. The number of benzene rings is 1. The summed E-state index contributed by atoms with van der Waals surface area (Å²) in [7, 11) is 1.68. The summed E-state index contributed by atoms with van der Waals surface area (Å²) in [6.07, 6.45) is 1.57. The van der Waals surface area contributed by atoms with Crippen molar-refractivity contribution in [3.63, 3.8) is 0 Å². The zero-order chi connectivity index (χ0) is 13.6. The number of rotatable bonds is 1. The molecule has 0 spiro atoms. The average Bonchev–Trinajstić information content (AvgIpc) is 2.93. The third-order valence-electron chi connectivity index (χ3n) is 3.24. The van der Waals surface area contributed by atoms with Gasteiger partial charge < -0.3 is 10.4 Å². The highest BCUT2D eigenvalue weighted by molar-refractivity contribution is 6.01. The van der Waals surface area contributed by atoms with E-state index in [1.807, 2.05) is 0 Å². The Morgan fingerprint density at radius 2 is 2.16 bits per heavy atom. The van der Waals surface area contributed by atoms with E-state index in [0.717, 1.165) is 5.56 Å². The van der Waals surface area contributed by atoms with Gasteiger partial charge in [-0.1, -0.05) is 0 Å². The van der Waals surface area contributed by atoms with Crippen molar-refractivity contribution < 1.29 is 9.90 Å². The highest BCUT2D eigenvalue weighted by Gasteiger charge is 2.25. The summed E-state index contributed by atoms with van der Waals surface area (Å²) in [5.41, 5.74) is 2.91. The summed E-state index contributed by atoms with van der Waals surface area (Å²) in [6, 6.07) is 5.06. The van der Waals surface area contributed by atoms with Gasteiger partial charge in [-0.25, -0.2) is 0 Å². The summed E-state index contributed by atoms with van der Waals surface area (Å²) in [4.78, 5) is 11.7. The topological polar surface area (TPSA) is 90.9 Å². The van der Waals surface area contributed by atoms with E-state index in [-0.39, 0.29) is 11.7 Å². The molecule has 6 heteroatoms. The predicted molar refractivity (Wildman–Crippen MR) is 66.2 cm³/mol. The van der Waals surface area contributed by atoms with Crippen molar-refractivity contribution in [2.75, 3.05) is 0 Å². The number of carbonyl (C=O) groups excluding carboxylic acids is 1. The van der Waals surface area contributed by atoms with Gasteiger partial charge in [0.2, 0.25) is 0 Å². The molecule has 1 aromatic heterocycles. The molecule has 0 atom stereocenters. The third kappa shape index (κ3) is 1.56. The maximum Gasteiger partial charge on any atom is 0.252 e. The lowest BCUT2D eigenvalue weighted by Crippen LogP contribution is -2.12. The molecule has 0 fully saturated rings.